The molecule has 0 aromatic heterocycles. The van der Waals surface area contributed by atoms with Gasteiger partial charge in [-0.25, -0.2) is 0 Å². The van der Waals surface area contributed by atoms with Crippen molar-refractivity contribution in [3.05, 3.63) is 0 Å². The predicted molar refractivity (Wildman–Crippen MR) is 106 cm³/mol. The Hall–Kier alpha value is 0.359. The van der Waals surface area contributed by atoms with Crippen molar-refractivity contribution >= 4 is 54.7 Å². The summed E-state index contributed by atoms with van der Waals surface area (Å²) < 4.78 is 21.2. The zero-order valence-corrected chi connectivity index (χ0v) is 20.7. The first-order chi connectivity index (χ1) is 11.7. The molecule has 2 unspecified atom stereocenters. The van der Waals surface area contributed by atoms with E-state index in [0.717, 1.165) is 24.3 Å². The molecule has 0 aromatic rings. The van der Waals surface area contributed by atoms with E-state index in [2.05, 4.69) is 0 Å². The molecule has 2 atom stereocenters. The Labute approximate surface area is 165 Å². The fraction of sp³-hybridized carbons (Fsp3) is 0.875. The van der Waals surface area contributed by atoms with Crippen molar-refractivity contribution in [3.8, 4) is 0 Å². The molecule has 148 valence electrons. The Kier molecular flexibility index (Phi) is 14.6. The molecule has 0 saturated carbocycles. The summed E-state index contributed by atoms with van der Waals surface area (Å²) in [5, 5.41) is 0. The first-order valence-electron chi connectivity index (χ1n) is 8.35. The average molecular weight is 503 g/mol. The number of ether oxygens (including phenoxy) is 2. The normalized spacial score (nSPS) is 14.0. The van der Waals surface area contributed by atoms with Crippen molar-refractivity contribution < 1.29 is 25.2 Å². The van der Waals surface area contributed by atoms with Gasteiger partial charge in [-0.15, -0.1) is 0 Å². The third-order valence-corrected chi connectivity index (χ3v) is 9.34. The molecule has 0 aliphatic carbocycles. The number of hydrogen-bond donors (Lipinski definition) is 0. The van der Waals surface area contributed by atoms with Crippen LogP contribution in [0, 0.1) is 0 Å². The van der Waals surface area contributed by atoms with E-state index < -0.39 is 19.2 Å². The van der Waals surface area contributed by atoms with Gasteiger partial charge >= 0.3 is 166 Å². The minimum atomic E-state index is -3.56. The van der Waals surface area contributed by atoms with Crippen LogP contribution >= 0.6 is 23.5 Å². The second kappa shape index (κ2) is 14.4. The van der Waals surface area contributed by atoms with E-state index in [1.54, 1.807) is 24.1 Å². The molecule has 0 heterocycles. The van der Waals surface area contributed by atoms with Crippen molar-refractivity contribution in [3.63, 3.8) is 0 Å². The molecule has 0 amide bonds. The molecule has 0 N–H and O–H groups in total. The third-order valence-electron chi connectivity index (χ3n) is 3.30. The van der Waals surface area contributed by atoms with Crippen LogP contribution in [-0.4, -0.2) is 80.6 Å². The summed E-state index contributed by atoms with van der Waals surface area (Å²) in [6, 6.07) is 0. The van der Waals surface area contributed by atoms with Gasteiger partial charge < -0.3 is 0 Å². The molecular formula is C16H32O6S2Sn. The van der Waals surface area contributed by atoms with E-state index in [9.17, 15) is 9.59 Å². The standard InChI is InChI=1S/2C7H14O3S.2CH3.Sn/c2*1-6(10-2)3-4-11-5-7(8)9;;;/h2*6H,3-5H2,1-2H3,(H,8,9);2*1H3;/q;;;;+2/p-2. The molecular weight excluding hydrogens is 471 g/mol. The molecule has 25 heavy (non-hydrogen) atoms. The summed E-state index contributed by atoms with van der Waals surface area (Å²) in [4.78, 5) is 27.3. The molecule has 9 heteroatoms. The molecule has 0 aromatic carbocycles. The van der Waals surface area contributed by atoms with E-state index in [-0.39, 0.29) is 35.7 Å². The summed E-state index contributed by atoms with van der Waals surface area (Å²) in [6.07, 6.45) is 2.14. The summed E-state index contributed by atoms with van der Waals surface area (Å²) in [5.74, 6) is 1.61. The van der Waals surface area contributed by atoms with E-state index in [1.165, 1.54) is 23.5 Å². The number of methoxy groups -OCH3 is 2. The average Bonchev–Trinajstić information content (AvgIpc) is 2.53. The Balaban J connectivity index is 3.93. The van der Waals surface area contributed by atoms with E-state index >= 15 is 0 Å². The van der Waals surface area contributed by atoms with E-state index in [0.29, 0.717) is 0 Å². The van der Waals surface area contributed by atoms with Gasteiger partial charge in [-0.3, -0.25) is 0 Å². The molecule has 0 spiro atoms. The Morgan fingerprint density at radius 3 is 1.52 bits per heavy atom. The molecule has 0 radical (unpaired) electrons. The fourth-order valence-corrected chi connectivity index (χ4v) is 7.67. The van der Waals surface area contributed by atoms with Gasteiger partial charge in [-0.1, -0.05) is 0 Å². The molecule has 0 aliphatic heterocycles. The van der Waals surface area contributed by atoms with Crippen LogP contribution < -0.4 is 0 Å². The van der Waals surface area contributed by atoms with Gasteiger partial charge in [0.15, 0.2) is 0 Å². The first kappa shape index (κ1) is 25.4. The minimum absolute atomic E-state index is 0.185. The van der Waals surface area contributed by atoms with Crippen LogP contribution in [0.2, 0.25) is 9.88 Å². The maximum atomic E-state index is 11.9. The summed E-state index contributed by atoms with van der Waals surface area (Å²) in [7, 11) is 3.34. The predicted octanol–water partition coefficient (Wildman–Crippen LogP) is 3.09. The number of rotatable bonds is 14. The van der Waals surface area contributed by atoms with Gasteiger partial charge in [0.05, 0.1) is 0 Å². The van der Waals surface area contributed by atoms with Gasteiger partial charge in [-0.2, -0.15) is 0 Å². The van der Waals surface area contributed by atoms with Crippen LogP contribution in [0.25, 0.3) is 0 Å². The molecule has 0 rings (SSSR count). The van der Waals surface area contributed by atoms with Crippen LogP contribution in [0.3, 0.4) is 0 Å². The van der Waals surface area contributed by atoms with Crippen LogP contribution in [0.4, 0.5) is 0 Å². The van der Waals surface area contributed by atoms with E-state index in [4.69, 9.17) is 15.6 Å². The van der Waals surface area contributed by atoms with Gasteiger partial charge in [0.1, 0.15) is 0 Å². The summed E-state index contributed by atoms with van der Waals surface area (Å²) in [5.41, 5.74) is 0. The third kappa shape index (κ3) is 15.1. The van der Waals surface area contributed by atoms with Crippen LogP contribution in [-0.2, 0) is 25.2 Å². The van der Waals surface area contributed by atoms with Crippen molar-refractivity contribution in [2.24, 2.45) is 0 Å². The SMILES string of the molecule is COC(C)CCSCC(=O)[O][Sn]([CH3])([CH3])[O]C(=O)CSCCC(C)OC. The van der Waals surface area contributed by atoms with Gasteiger partial charge in [0, 0.05) is 0 Å². The zero-order chi connectivity index (χ0) is 19.3. The van der Waals surface area contributed by atoms with E-state index in [1.807, 2.05) is 13.8 Å². The van der Waals surface area contributed by atoms with Crippen LogP contribution in [0.15, 0.2) is 0 Å². The maximum absolute atomic E-state index is 11.9. The van der Waals surface area contributed by atoms with Crippen molar-refractivity contribution in [2.75, 3.05) is 37.2 Å². The number of carbonyl (C=O) groups excluding carboxylic acids is 2. The van der Waals surface area contributed by atoms with Gasteiger partial charge in [-0.05, 0) is 0 Å². The van der Waals surface area contributed by atoms with Gasteiger partial charge in [0.25, 0.3) is 0 Å². The second-order valence-electron chi connectivity index (χ2n) is 6.12. The second-order valence-corrected chi connectivity index (χ2v) is 17.5. The quantitative estimate of drug-likeness (QED) is 0.265. The Bertz CT molecular complexity index is 361. The number of hydrogen-bond acceptors (Lipinski definition) is 8. The van der Waals surface area contributed by atoms with Crippen molar-refractivity contribution in [1.82, 2.24) is 0 Å². The Morgan fingerprint density at radius 1 is 0.840 bits per heavy atom. The van der Waals surface area contributed by atoms with Crippen molar-refractivity contribution in [2.45, 2.75) is 48.8 Å². The fourth-order valence-electron chi connectivity index (χ4n) is 1.67. The number of thioether (sulfide) groups is 2. The summed E-state index contributed by atoms with van der Waals surface area (Å²) >= 11 is -0.547. The zero-order valence-electron chi connectivity index (χ0n) is 16.2. The molecule has 6 nitrogen and oxygen atoms in total. The topological polar surface area (TPSA) is 71.1 Å². The first-order valence-corrected chi connectivity index (χ1v) is 18.7. The van der Waals surface area contributed by atoms with Crippen LogP contribution in [0.5, 0.6) is 0 Å². The molecule has 0 bridgehead atoms. The molecule has 0 saturated heterocycles. The number of carbonyl (C=O) groups is 2. The van der Waals surface area contributed by atoms with Gasteiger partial charge in [0.2, 0.25) is 0 Å². The molecule has 0 aliphatic rings. The molecule has 0 fully saturated rings. The van der Waals surface area contributed by atoms with Crippen LogP contribution in [0.1, 0.15) is 26.7 Å². The summed E-state index contributed by atoms with van der Waals surface area (Å²) in [6.45, 7) is 3.98. The monoisotopic (exact) mass is 504 g/mol. The van der Waals surface area contributed by atoms with Crippen molar-refractivity contribution in [1.29, 1.82) is 0 Å². The Morgan fingerprint density at radius 2 is 1.20 bits per heavy atom.